The van der Waals surface area contributed by atoms with E-state index in [1.54, 1.807) is 0 Å². The molecule has 14 heavy (non-hydrogen) atoms. The third-order valence-electron chi connectivity index (χ3n) is 1.19. The second-order valence-corrected chi connectivity index (χ2v) is 7.42. The van der Waals surface area contributed by atoms with E-state index in [0.717, 1.165) is 29.8 Å². The quantitative estimate of drug-likeness (QED) is 0.529. The molecule has 0 aromatic heterocycles. The average molecular weight is 236 g/mol. The third-order valence-corrected chi connectivity index (χ3v) is 4.89. The van der Waals surface area contributed by atoms with Gasteiger partial charge in [0, 0.05) is 0 Å². The number of nitrogens with zero attached hydrogens (tertiary/aromatic N) is 6. The molecule has 0 aliphatic heterocycles. The molecule has 0 fully saturated rings. The van der Waals surface area contributed by atoms with Crippen LogP contribution in [0.15, 0.2) is 0 Å². The fourth-order valence-electron chi connectivity index (χ4n) is 0.265. The Kier molecular flexibility index (Phi) is 3.34. The minimum absolute atomic E-state index is 0. The fraction of sp³-hybridized carbons (Fsp3) is 0. The van der Waals surface area contributed by atoms with E-state index in [2.05, 4.69) is 0 Å². The zero-order valence-corrected chi connectivity index (χ0v) is 9.26. The normalized spacial score (nSPS) is 12.4. The smallest absolute Gasteiger partial charge is 2.00 e. The van der Waals surface area contributed by atoms with E-state index in [1.807, 2.05) is 0 Å². The van der Waals surface area contributed by atoms with Crippen LogP contribution in [0.1, 0.15) is 0 Å². The molecule has 0 spiro atoms. The largest absolute Gasteiger partial charge is 2.00 e. The maximum Gasteiger partial charge on any atom is 2.00 e. The minimum Gasteiger partial charge on any atom is 2.00 e. The summed E-state index contributed by atoms with van der Waals surface area (Å²) in [4.78, 5) is 6.19. The van der Waals surface area contributed by atoms with Crippen molar-refractivity contribution in [1.82, 2.24) is 0 Å². The summed E-state index contributed by atoms with van der Waals surface area (Å²) in [6.45, 7) is 0. The van der Waals surface area contributed by atoms with Gasteiger partial charge in [-0.3, -0.25) is 0 Å². The van der Waals surface area contributed by atoms with Gasteiger partial charge in [-0.1, -0.05) is 0 Å². The van der Waals surface area contributed by atoms with Crippen LogP contribution in [0.4, 0.5) is 0 Å². The predicted octanol–water partition coefficient (Wildman–Crippen LogP) is -0.283. The first kappa shape index (κ1) is 14.7. The first-order valence-corrected chi connectivity index (χ1v) is 5.71. The van der Waals surface area contributed by atoms with E-state index in [-0.39, 0.29) is 23.1 Å². The molecule has 0 aliphatic carbocycles. The Bertz CT molecular complexity index is 392. The van der Waals surface area contributed by atoms with Crippen molar-refractivity contribution in [3.05, 3.63) is 0 Å². The van der Waals surface area contributed by atoms with Crippen LogP contribution >= 0.6 is 0 Å². The van der Waals surface area contributed by atoms with Crippen LogP contribution in [-0.2, 0) is 10.7 Å². The van der Waals surface area contributed by atoms with Crippen molar-refractivity contribution in [1.29, 1.82) is 31.6 Å². The van der Waals surface area contributed by atoms with E-state index in [1.165, 1.54) is 0 Å². The fourth-order valence-corrected chi connectivity index (χ4v) is 1.09. The zero-order valence-electron chi connectivity index (χ0n) is 6.74. The minimum atomic E-state index is -6.17. The molecule has 0 radical (unpaired) electrons. The van der Waals surface area contributed by atoms with E-state index < -0.39 is 10.7 Å². The van der Waals surface area contributed by atoms with Crippen molar-refractivity contribution in [2.75, 3.05) is 0 Å². The Morgan fingerprint density at radius 1 is 0.500 bits per heavy atom. The summed E-state index contributed by atoms with van der Waals surface area (Å²) in [6, 6.07) is 0. The molecule has 0 heterocycles. The first-order chi connectivity index (χ1) is 5.97. The van der Waals surface area contributed by atoms with Crippen LogP contribution in [0.5, 0.6) is 0 Å². The summed E-state index contributed by atoms with van der Waals surface area (Å²) in [5.41, 5.74) is 0. The molecule has 6 nitrogen and oxygen atoms in total. The predicted molar refractivity (Wildman–Crippen MR) is 39.4 cm³/mol. The second kappa shape index (κ2) is 3.18. The van der Waals surface area contributed by atoms with Gasteiger partial charge in [-0.25, -0.2) is 0 Å². The molecule has 0 aromatic carbocycles. The summed E-state index contributed by atoms with van der Waals surface area (Å²) in [6.07, 6.45) is 0. The Morgan fingerprint density at radius 3 is 0.643 bits per heavy atom. The third kappa shape index (κ3) is 1.09. The molecule has 8 heteroatoms. The van der Waals surface area contributed by atoms with Gasteiger partial charge in [-0.05, 0) is 0 Å². The summed E-state index contributed by atoms with van der Waals surface area (Å²) in [5.74, 6) is 0. The Labute approximate surface area is 94.9 Å². The van der Waals surface area contributed by atoms with E-state index in [9.17, 15) is 0 Å². The average Bonchev–Trinajstić information content (AvgIpc) is 2.26. The number of nitriles is 6. The van der Waals surface area contributed by atoms with Crippen molar-refractivity contribution in [3.63, 3.8) is 0 Å². The van der Waals surface area contributed by atoms with Crippen molar-refractivity contribution in [2.24, 2.45) is 0 Å². The maximum atomic E-state index is 8.58. The molecular formula is C6FeMgN6. The molecule has 0 unspecified atom stereocenters. The summed E-state index contributed by atoms with van der Waals surface area (Å²) >= 11 is 0. The van der Waals surface area contributed by atoms with Crippen LogP contribution in [0.3, 0.4) is 0 Å². The van der Waals surface area contributed by atoms with Crippen molar-refractivity contribution in [2.45, 2.75) is 0 Å². The van der Waals surface area contributed by atoms with E-state index >= 15 is 0 Å². The van der Waals surface area contributed by atoms with Gasteiger partial charge in [0.05, 0.1) is 0 Å². The Morgan fingerprint density at radius 2 is 0.643 bits per heavy atom. The van der Waals surface area contributed by atoms with Gasteiger partial charge >= 0.3 is 95.2 Å². The summed E-state index contributed by atoms with van der Waals surface area (Å²) in [5, 5.41) is 51.5. The van der Waals surface area contributed by atoms with Gasteiger partial charge in [0.15, 0.2) is 0 Å². The molecule has 0 bridgehead atoms. The van der Waals surface area contributed by atoms with Crippen molar-refractivity contribution in [3.8, 4) is 29.8 Å². The van der Waals surface area contributed by atoms with Crippen molar-refractivity contribution >= 4 is 23.1 Å². The molecule has 0 N–H and O–H groups in total. The maximum absolute atomic E-state index is 8.58. The molecule has 0 rings (SSSR count). The molecule has 0 atom stereocenters. The standard InChI is InChI=1S/6CN.Fe.Mg/c6*1-2;;/q;;;;;;-2;+2. The topological polar surface area (TPSA) is 143 Å². The van der Waals surface area contributed by atoms with Gasteiger partial charge in [-0.15, -0.1) is 0 Å². The van der Waals surface area contributed by atoms with Gasteiger partial charge in [0.1, 0.15) is 0 Å². The molecule has 0 aliphatic rings. The number of hydrogen-bond donors (Lipinski definition) is 0. The van der Waals surface area contributed by atoms with Crippen LogP contribution < -0.4 is 0 Å². The SMILES string of the molecule is N#[C][Fe-2]([C]#N)([C]#N)([C]#N)([C]#N)[C]#N.[Mg+2]. The Hall–Kier alpha value is -1.77. The number of rotatable bonds is 0. The number of hydrogen-bond acceptors (Lipinski definition) is 6. The van der Waals surface area contributed by atoms with Crippen LogP contribution in [0.25, 0.3) is 0 Å². The molecule has 0 amide bonds. The molecular weight excluding hydrogens is 236 g/mol. The molecule has 0 aromatic rings. The molecule has 0 saturated heterocycles. The van der Waals surface area contributed by atoms with Crippen LogP contribution in [0, 0.1) is 61.4 Å². The Balaban J connectivity index is 0. The van der Waals surface area contributed by atoms with Crippen LogP contribution in [-0.4, -0.2) is 23.1 Å². The van der Waals surface area contributed by atoms with Gasteiger partial charge < -0.3 is 0 Å². The van der Waals surface area contributed by atoms with Gasteiger partial charge in [0.2, 0.25) is 0 Å². The zero-order chi connectivity index (χ0) is 10.7. The monoisotopic (exact) mass is 236 g/mol. The summed E-state index contributed by atoms with van der Waals surface area (Å²) in [7, 11) is -6.17. The first-order valence-electron chi connectivity index (χ1n) is 2.40. The molecule has 64 valence electrons. The summed E-state index contributed by atoms with van der Waals surface area (Å²) < 4.78 is 0. The van der Waals surface area contributed by atoms with Gasteiger partial charge in [0.25, 0.3) is 0 Å². The van der Waals surface area contributed by atoms with Crippen molar-refractivity contribution < 1.29 is 10.7 Å². The molecule has 0 saturated carbocycles. The second-order valence-electron chi connectivity index (χ2n) is 1.80. The van der Waals surface area contributed by atoms with E-state index in [0.29, 0.717) is 0 Å². The van der Waals surface area contributed by atoms with Crippen LogP contribution in [0.2, 0.25) is 0 Å². The van der Waals surface area contributed by atoms with E-state index in [4.69, 9.17) is 31.6 Å². The van der Waals surface area contributed by atoms with Gasteiger partial charge in [-0.2, -0.15) is 0 Å².